The van der Waals surface area contributed by atoms with E-state index in [-0.39, 0.29) is 0 Å². The third-order valence-electron chi connectivity index (χ3n) is 3.32. The van der Waals surface area contributed by atoms with E-state index >= 15 is 0 Å². The van der Waals surface area contributed by atoms with Crippen molar-refractivity contribution >= 4 is 32.9 Å². The maximum absolute atomic E-state index is 5.65. The Hall–Kier alpha value is -2.60. The van der Waals surface area contributed by atoms with Gasteiger partial charge < -0.3 is 9.47 Å². The third kappa shape index (κ3) is 3.83. The van der Waals surface area contributed by atoms with Crippen LogP contribution in [0.3, 0.4) is 0 Å². The van der Waals surface area contributed by atoms with E-state index < -0.39 is 0 Å². The molecule has 3 rings (SSSR count). The second kappa shape index (κ2) is 7.79. The lowest BCUT2D eigenvalue weighted by Crippen LogP contribution is -1.98. The number of ether oxygens (including phenoxy) is 2. The number of aromatic nitrogens is 1. The fourth-order valence-electron chi connectivity index (χ4n) is 2.18. The van der Waals surface area contributed by atoms with Gasteiger partial charge in [-0.1, -0.05) is 30.4 Å². The first kappa shape index (κ1) is 16.3. The summed E-state index contributed by atoms with van der Waals surface area (Å²) in [5.41, 5.74) is 4.87. The van der Waals surface area contributed by atoms with Gasteiger partial charge in [0, 0.05) is 0 Å². The maximum Gasteiger partial charge on any atom is 0.204 e. The van der Waals surface area contributed by atoms with Gasteiger partial charge in [-0.3, -0.25) is 5.43 Å². The summed E-state index contributed by atoms with van der Waals surface area (Å²) in [6, 6.07) is 13.7. The summed E-state index contributed by atoms with van der Waals surface area (Å²) < 4.78 is 12.1. The summed E-state index contributed by atoms with van der Waals surface area (Å²) in [6.45, 7) is 2.74. The molecule has 1 heterocycles. The fourth-order valence-corrected chi connectivity index (χ4v) is 2.99. The van der Waals surface area contributed by atoms with Crippen molar-refractivity contribution in [2.75, 3.05) is 19.1 Å². The first-order chi connectivity index (χ1) is 11.8. The number of hydrazone groups is 1. The quantitative estimate of drug-likeness (QED) is 0.506. The Labute approximate surface area is 144 Å². The Balaban J connectivity index is 1.69. The van der Waals surface area contributed by atoms with E-state index in [1.807, 2.05) is 42.5 Å². The first-order valence-electron chi connectivity index (χ1n) is 7.75. The number of hydrogen-bond acceptors (Lipinski definition) is 6. The number of hydrogen-bond donors (Lipinski definition) is 1. The van der Waals surface area contributed by atoms with Crippen molar-refractivity contribution in [2.24, 2.45) is 5.10 Å². The van der Waals surface area contributed by atoms with Gasteiger partial charge in [0.25, 0.3) is 0 Å². The smallest absolute Gasteiger partial charge is 0.204 e. The zero-order valence-corrected chi connectivity index (χ0v) is 14.5. The molecule has 0 radical (unpaired) electrons. The molecule has 0 atom stereocenters. The fraction of sp³-hybridized carbons (Fsp3) is 0.222. The number of anilines is 1. The topological polar surface area (TPSA) is 55.7 Å². The molecule has 3 aromatic rings. The van der Waals surface area contributed by atoms with Gasteiger partial charge in [0.15, 0.2) is 11.5 Å². The maximum atomic E-state index is 5.65. The summed E-state index contributed by atoms with van der Waals surface area (Å²) >= 11 is 1.57. The Bertz CT molecular complexity index is 812. The lowest BCUT2D eigenvalue weighted by molar-refractivity contribution is 0.294. The summed E-state index contributed by atoms with van der Waals surface area (Å²) in [7, 11) is 1.63. The predicted octanol–water partition coefficient (Wildman–Crippen LogP) is 4.54. The standard InChI is InChI=1S/C18H19N3O2S/c1-3-10-23-15-9-8-13(11-16(15)22-2)12-19-21-18-20-14-6-4-5-7-17(14)24-18/h4-9,11-12H,3,10H2,1-2H3,(H,20,21)/b19-12-. The molecule has 6 heteroatoms. The van der Waals surface area contributed by atoms with Gasteiger partial charge in [-0.05, 0) is 42.3 Å². The second-order valence-electron chi connectivity index (χ2n) is 5.12. The van der Waals surface area contributed by atoms with Crippen molar-refractivity contribution in [2.45, 2.75) is 13.3 Å². The van der Waals surface area contributed by atoms with Gasteiger partial charge in [0.05, 0.1) is 30.1 Å². The van der Waals surface area contributed by atoms with Crippen LogP contribution in [0.15, 0.2) is 47.6 Å². The zero-order valence-electron chi connectivity index (χ0n) is 13.7. The zero-order chi connectivity index (χ0) is 16.8. The molecule has 0 aliphatic heterocycles. The third-order valence-corrected chi connectivity index (χ3v) is 4.26. The van der Waals surface area contributed by atoms with Crippen LogP contribution in [0.25, 0.3) is 10.2 Å². The average molecular weight is 341 g/mol. The van der Waals surface area contributed by atoms with Crippen molar-refractivity contribution < 1.29 is 9.47 Å². The highest BCUT2D eigenvalue weighted by Crippen LogP contribution is 2.28. The molecule has 0 bridgehead atoms. The van der Waals surface area contributed by atoms with E-state index in [1.165, 1.54) is 0 Å². The van der Waals surface area contributed by atoms with Crippen LogP contribution in [0.1, 0.15) is 18.9 Å². The van der Waals surface area contributed by atoms with Gasteiger partial charge in [-0.15, -0.1) is 0 Å². The molecular weight excluding hydrogens is 322 g/mol. The van der Waals surface area contributed by atoms with Gasteiger partial charge in [-0.2, -0.15) is 5.10 Å². The van der Waals surface area contributed by atoms with Gasteiger partial charge in [0.2, 0.25) is 5.13 Å². The summed E-state index contributed by atoms with van der Waals surface area (Å²) in [6.07, 6.45) is 2.69. The normalized spacial score (nSPS) is 11.1. The summed E-state index contributed by atoms with van der Waals surface area (Å²) in [5, 5.41) is 5.02. The highest BCUT2D eigenvalue weighted by Gasteiger charge is 2.05. The van der Waals surface area contributed by atoms with Crippen molar-refractivity contribution in [1.29, 1.82) is 0 Å². The SMILES string of the molecule is CCCOc1ccc(/C=N\Nc2nc3ccccc3s2)cc1OC. The Kier molecular flexibility index (Phi) is 5.28. The molecule has 0 saturated heterocycles. The molecule has 124 valence electrons. The van der Waals surface area contributed by atoms with Gasteiger partial charge in [0.1, 0.15) is 0 Å². The monoisotopic (exact) mass is 341 g/mol. The Morgan fingerprint density at radius 2 is 2.08 bits per heavy atom. The van der Waals surface area contributed by atoms with Crippen LogP contribution < -0.4 is 14.9 Å². The molecule has 0 amide bonds. The first-order valence-corrected chi connectivity index (χ1v) is 8.57. The van der Waals surface area contributed by atoms with Gasteiger partial charge >= 0.3 is 0 Å². The van der Waals surface area contributed by atoms with Crippen LogP contribution >= 0.6 is 11.3 Å². The summed E-state index contributed by atoms with van der Waals surface area (Å²) in [4.78, 5) is 4.47. The molecule has 5 nitrogen and oxygen atoms in total. The van der Waals surface area contributed by atoms with E-state index in [0.717, 1.165) is 33.1 Å². The largest absolute Gasteiger partial charge is 0.493 e. The predicted molar refractivity (Wildman–Crippen MR) is 99.6 cm³/mol. The van der Waals surface area contributed by atoms with Crippen molar-refractivity contribution in [3.63, 3.8) is 0 Å². The number of para-hydroxylation sites is 1. The van der Waals surface area contributed by atoms with Crippen LogP contribution in [0.2, 0.25) is 0 Å². The minimum absolute atomic E-state index is 0.670. The molecule has 0 aliphatic carbocycles. The van der Waals surface area contributed by atoms with Crippen LogP contribution in [-0.2, 0) is 0 Å². The number of rotatable bonds is 7. The Morgan fingerprint density at radius 3 is 2.88 bits per heavy atom. The van der Waals surface area contributed by atoms with E-state index in [2.05, 4.69) is 22.4 Å². The molecule has 2 aromatic carbocycles. The van der Waals surface area contributed by atoms with Crippen LogP contribution in [0, 0.1) is 0 Å². The molecular formula is C18H19N3O2S. The Morgan fingerprint density at radius 1 is 1.21 bits per heavy atom. The van der Waals surface area contributed by atoms with E-state index in [0.29, 0.717) is 12.4 Å². The molecule has 1 N–H and O–H groups in total. The van der Waals surface area contributed by atoms with Crippen molar-refractivity contribution in [1.82, 2.24) is 4.98 Å². The lowest BCUT2D eigenvalue weighted by atomic mass is 10.2. The molecule has 0 fully saturated rings. The van der Waals surface area contributed by atoms with Crippen LogP contribution in [-0.4, -0.2) is 24.9 Å². The van der Waals surface area contributed by atoms with E-state index in [1.54, 1.807) is 24.7 Å². The van der Waals surface area contributed by atoms with Gasteiger partial charge in [-0.25, -0.2) is 4.98 Å². The van der Waals surface area contributed by atoms with Crippen LogP contribution in [0.4, 0.5) is 5.13 Å². The van der Waals surface area contributed by atoms with Crippen molar-refractivity contribution in [3.8, 4) is 11.5 Å². The number of fused-ring (bicyclic) bond motifs is 1. The van der Waals surface area contributed by atoms with Crippen LogP contribution in [0.5, 0.6) is 11.5 Å². The van der Waals surface area contributed by atoms with E-state index in [4.69, 9.17) is 9.47 Å². The lowest BCUT2D eigenvalue weighted by Gasteiger charge is -2.10. The molecule has 0 spiro atoms. The average Bonchev–Trinajstić information content (AvgIpc) is 3.03. The van der Waals surface area contributed by atoms with Crippen molar-refractivity contribution in [3.05, 3.63) is 48.0 Å². The minimum atomic E-state index is 0.670. The number of benzene rings is 2. The molecule has 24 heavy (non-hydrogen) atoms. The molecule has 0 saturated carbocycles. The molecule has 1 aromatic heterocycles. The number of methoxy groups -OCH3 is 1. The number of nitrogens with one attached hydrogen (secondary N) is 1. The highest BCUT2D eigenvalue weighted by molar-refractivity contribution is 7.22. The minimum Gasteiger partial charge on any atom is -0.493 e. The second-order valence-corrected chi connectivity index (χ2v) is 6.15. The molecule has 0 unspecified atom stereocenters. The van der Waals surface area contributed by atoms with E-state index in [9.17, 15) is 0 Å². The number of nitrogens with zero attached hydrogens (tertiary/aromatic N) is 2. The number of thiazole rings is 1. The summed E-state index contributed by atoms with van der Waals surface area (Å²) in [5.74, 6) is 1.45. The highest BCUT2D eigenvalue weighted by atomic mass is 32.1. The molecule has 0 aliphatic rings.